The number of hydrogen-bond donors (Lipinski definition) is 2. The molecule has 1 spiro atoms. The van der Waals surface area contributed by atoms with Gasteiger partial charge in [0.05, 0.1) is 11.6 Å². The van der Waals surface area contributed by atoms with Gasteiger partial charge < -0.3 is 19.9 Å². The Morgan fingerprint density at radius 2 is 1.97 bits per heavy atom. The number of alkyl carbamates (subject to hydrolysis) is 1. The van der Waals surface area contributed by atoms with Gasteiger partial charge in [-0.05, 0) is 81.0 Å². The number of aliphatic hydroxyl groups excluding tert-OH is 1. The molecule has 3 fully saturated rings. The number of cyclic esters (lactones) is 1. The van der Waals surface area contributed by atoms with Crippen LogP contribution in [0.5, 0.6) is 5.75 Å². The fourth-order valence-electron chi connectivity index (χ4n) is 5.30. The zero-order valence-corrected chi connectivity index (χ0v) is 18.1. The van der Waals surface area contributed by atoms with Crippen LogP contribution in [0.2, 0.25) is 0 Å². The molecule has 166 valence electrons. The van der Waals surface area contributed by atoms with Crippen molar-refractivity contribution in [2.75, 3.05) is 19.7 Å². The number of halogens is 1. The van der Waals surface area contributed by atoms with E-state index in [1.54, 1.807) is 6.07 Å². The lowest BCUT2D eigenvalue weighted by atomic mass is 9.63. The second-order valence-electron chi connectivity index (χ2n) is 9.53. The van der Waals surface area contributed by atoms with Crippen LogP contribution in [0.15, 0.2) is 18.2 Å². The summed E-state index contributed by atoms with van der Waals surface area (Å²) in [5, 5.41) is 13.8. The van der Waals surface area contributed by atoms with Crippen LogP contribution in [0.25, 0.3) is 0 Å². The SMILES string of the molecule is Cc1cc(F)ccc1OC(C)C1CCN(C(O)C(C)C2CC3(COC(=O)N3)C2)CC1. The Morgan fingerprint density at radius 1 is 1.27 bits per heavy atom. The summed E-state index contributed by atoms with van der Waals surface area (Å²) in [6.45, 7) is 8.16. The predicted molar refractivity (Wildman–Crippen MR) is 111 cm³/mol. The molecule has 1 aromatic carbocycles. The van der Waals surface area contributed by atoms with Crippen molar-refractivity contribution >= 4 is 6.09 Å². The molecular formula is C23H33FN2O4. The first-order valence-electron chi connectivity index (χ1n) is 11.1. The molecule has 2 N–H and O–H groups in total. The van der Waals surface area contributed by atoms with Crippen LogP contribution < -0.4 is 10.1 Å². The lowest BCUT2D eigenvalue weighted by molar-refractivity contribution is -0.0933. The summed E-state index contributed by atoms with van der Waals surface area (Å²) in [5.41, 5.74) is 0.610. The van der Waals surface area contributed by atoms with Gasteiger partial charge in [0.15, 0.2) is 0 Å². The largest absolute Gasteiger partial charge is 0.490 e. The molecule has 0 radical (unpaired) electrons. The number of carbonyl (C=O) groups is 1. The van der Waals surface area contributed by atoms with Crippen LogP contribution >= 0.6 is 0 Å². The molecule has 3 aliphatic rings. The number of benzene rings is 1. The van der Waals surface area contributed by atoms with Crippen molar-refractivity contribution in [2.45, 2.75) is 64.3 Å². The average molecular weight is 421 g/mol. The Bertz CT molecular complexity index is 774. The number of hydrogen-bond acceptors (Lipinski definition) is 5. The topological polar surface area (TPSA) is 71.0 Å². The molecule has 6 nitrogen and oxygen atoms in total. The number of carbonyl (C=O) groups excluding carboxylic acids is 1. The van der Waals surface area contributed by atoms with Crippen LogP contribution in [0.4, 0.5) is 9.18 Å². The van der Waals surface area contributed by atoms with Crippen molar-refractivity contribution in [1.82, 2.24) is 10.2 Å². The third-order valence-electron chi connectivity index (χ3n) is 7.43. The highest BCUT2D eigenvalue weighted by atomic mass is 19.1. The van der Waals surface area contributed by atoms with Crippen molar-refractivity contribution in [1.29, 1.82) is 0 Å². The molecule has 3 atom stereocenters. The van der Waals surface area contributed by atoms with Gasteiger partial charge in [0.25, 0.3) is 0 Å². The van der Waals surface area contributed by atoms with E-state index < -0.39 is 6.23 Å². The maximum Gasteiger partial charge on any atom is 0.407 e. The van der Waals surface area contributed by atoms with Gasteiger partial charge in [-0.1, -0.05) is 6.92 Å². The van der Waals surface area contributed by atoms with Crippen LogP contribution in [-0.4, -0.2) is 53.7 Å². The van der Waals surface area contributed by atoms with Crippen molar-refractivity contribution < 1.29 is 23.8 Å². The van der Waals surface area contributed by atoms with E-state index in [1.165, 1.54) is 12.1 Å². The molecule has 2 saturated heterocycles. The Kier molecular flexibility index (Phi) is 5.95. The first kappa shape index (κ1) is 21.4. The Hall–Kier alpha value is -1.86. The van der Waals surface area contributed by atoms with E-state index in [9.17, 15) is 14.3 Å². The summed E-state index contributed by atoms with van der Waals surface area (Å²) >= 11 is 0. The van der Waals surface area contributed by atoms with Gasteiger partial charge in [-0.3, -0.25) is 4.90 Å². The van der Waals surface area contributed by atoms with Crippen LogP contribution in [0.3, 0.4) is 0 Å². The molecule has 1 aromatic rings. The number of ether oxygens (including phenoxy) is 2. The van der Waals surface area contributed by atoms with Crippen LogP contribution in [0, 0.1) is 30.5 Å². The van der Waals surface area contributed by atoms with Crippen molar-refractivity contribution in [3.63, 3.8) is 0 Å². The summed E-state index contributed by atoms with van der Waals surface area (Å²) in [6, 6.07) is 4.63. The zero-order chi connectivity index (χ0) is 21.5. The van der Waals surface area contributed by atoms with E-state index in [2.05, 4.69) is 24.1 Å². The molecular weight excluding hydrogens is 387 g/mol. The molecule has 0 bridgehead atoms. The van der Waals surface area contributed by atoms with E-state index in [1.807, 2.05) is 6.92 Å². The minimum Gasteiger partial charge on any atom is -0.490 e. The Labute approximate surface area is 177 Å². The van der Waals surface area contributed by atoms with Crippen LogP contribution in [-0.2, 0) is 4.74 Å². The van der Waals surface area contributed by atoms with Crippen molar-refractivity contribution in [2.24, 2.45) is 17.8 Å². The quantitative estimate of drug-likeness (QED) is 0.738. The smallest absolute Gasteiger partial charge is 0.407 e. The van der Waals surface area contributed by atoms with Gasteiger partial charge in [0, 0.05) is 13.1 Å². The van der Waals surface area contributed by atoms with Gasteiger partial charge in [0.1, 0.15) is 24.4 Å². The van der Waals surface area contributed by atoms with E-state index in [4.69, 9.17) is 9.47 Å². The highest BCUT2D eigenvalue weighted by Gasteiger charge is 2.52. The molecule has 1 saturated carbocycles. The molecule has 0 aromatic heterocycles. The molecule has 2 heterocycles. The molecule has 30 heavy (non-hydrogen) atoms. The maximum absolute atomic E-state index is 13.3. The Balaban J connectivity index is 1.24. The van der Waals surface area contributed by atoms with Gasteiger partial charge in [-0.25, -0.2) is 9.18 Å². The number of rotatable bonds is 6. The van der Waals surface area contributed by atoms with Gasteiger partial charge in [0.2, 0.25) is 0 Å². The number of piperidine rings is 1. The lowest BCUT2D eigenvalue weighted by Crippen LogP contribution is -2.58. The minimum atomic E-state index is -0.470. The molecule has 4 rings (SSSR count). The normalized spacial score (nSPS) is 30.3. The second kappa shape index (κ2) is 8.35. The highest BCUT2D eigenvalue weighted by molar-refractivity contribution is 5.71. The average Bonchev–Trinajstić information content (AvgIpc) is 3.10. The van der Waals surface area contributed by atoms with Gasteiger partial charge >= 0.3 is 6.09 Å². The first-order valence-corrected chi connectivity index (χ1v) is 11.1. The fourth-order valence-corrected chi connectivity index (χ4v) is 5.30. The monoisotopic (exact) mass is 420 g/mol. The third-order valence-corrected chi connectivity index (χ3v) is 7.43. The molecule has 2 aliphatic heterocycles. The fraction of sp³-hybridized carbons (Fsp3) is 0.696. The standard InChI is InChI=1S/C23H33FN2O4/c1-14-10-19(24)4-5-20(14)30-16(3)17-6-8-26(9-7-17)21(27)15(2)18-11-23(12-18)13-29-22(28)25-23/h4-5,10,15-18,21,27H,6-9,11-13H2,1-3H3,(H,25,28). The van der Waals surface area contributed by atoms with Crippen molar-refractivity contribution in [3.8, 4) is 5.75 Å². The van der Waals surface area contributed by atoms with E-state index in [-0.39, 0.29) is 29.5 Å². The molecule has 3 unspecified atom stereocenters. The van der Waals surface area contributed by atoms with Gasteiger partial charge in [-0.2, -0.15) is 0 Å². The molecule has 1 amide bonds. The number of aryl methyl sites for hydroxylation is 1. The van der Waals surface area contributed by atoms with Crippen LogP contribution in [0.1, 0.15) is 45.1 Å². The number of likely N-dealkylation sites (tertiary alicyclic amines) is 1. The molecule has 1 aliphatic carbocycles. The number of aliphatic hydroxyl groups is 1. The van der Waals surface area contributed by atoms with Gasteiger partial charge in [-0.15, -0.1) is 0 Å². The molecule has 7 heteroatoms. The summed E-state index contributed by atoms with van der Waals surface area (Å²) in [5.74, 6) is 1.45. The summed E-state index contributed by atoms with van der Waals surface area (Å²) in [6.07, 6.45) is 2.92. The number of amides is 1. The van der Waals surface area contributed by atoms with Crippen molar-refractivity contribution in [3.05, 3.63) is 29.6 Å². The summed E-state index contributed by atoms with van der Waals surface area (Å²) < 4.78 is 24.5. The van der Waals surface area contributed by atoms with E-state index in [0.717, 1.165) is 50.1 Å². The summed E-state index contributed by atoms with van der Waals surface area (Å²) in [7, 11) is 0. The third kappa shape index (κ3) is 4.28. The number of nitrogens with one attached hydrogen (secondary N) is 1. The maximum atomic E-state index is 13.3. The lowest BCUT2D eigenvalue weighted by Gasteiger charge is -2.49. The first-order chi connectivity index (χ1) is 14.3. The van der Waals surface area contributed by atoms with E-state index >= 15 is 0 Å². The predicted octanol–water partition coefficient (Wildman–Crippen LogP) is 3.46. The number of nitrogens with zero attached hydrogens (tertiary/aromatic N) is 1. The van der Waals surface area contributed by atoms with E-state index in [0.29, 0.717) is 18.4 Å². The highest BCUT2D eigenvalue weighted by Crippen LogP contribution is 2.45. The Morgan fingerprint density at radius 3 is 2.57 bits per heavy atom. The second-order valence-corrected chi connectivity index (χ2v) is 9.53. The summed E-state index contributed by atoms with van der Waals surface area (Å²) in [4.78, 5) is 13.5. The zero-order valence-electron chi connectivity index (χ0n) is 18.1. The minimum absolute atomic E-state index is 0.0448.